The first-order valence-electron chi connectivity index (χ1n) is 5.52. The molecule has 0 aromatic heterocycles. The van der Waals surface area contributed by atoms with Crippen molar-refractivity contribution in [3.8, 4) is 0 Å². The summed E-state index contributed by atoms with van der Waals surface area (Å²) in [4.78, 5) is 0. The number of hydrogen-bond donors (Lipinski definition) is 0. The van der Waals surface area contributed by atoms with Crippen LogP contribution in [0.1, 0.15) is 22.3 Å². The Morgan fingerprint density at radius 2 is 1.18 bits per heavy atom. The molecule has 0 saturated carbocycles. The van der Waals surface area contributed by atoms with Crippen LogP contribution in [0, 0.1) is 13.8 Å². The van der Waals surface area contributed by atoms with Gasteiger partial charge in [-0.15, -0.1) is 0 Å². The molecule has 0 nitrogen and oxygen atoms in total. The number of aryl methyl sites for hydroxylation is 2. The van der Waals surface area contributed by atoms with Crippen molar-refractivity contribution in [2.75, 3.05) is 0 Å². The van der Waals surface area contributed by atoms with Gasteiger partial charge in [0.05, 0.1) is 0 Å². The van der Waals surface area contributed by atoms with Gasteiger partial charge in [-0.3, -0.25) is 0 Å². The van der Waals surface area contributed by atoms with Crippen LogP contribution in [0.5, 0.6) is 0 Å². The summed E-state index contributed by atoms with van der Waals surface area (Å²) in [5, 5.41) is 0. The predicted octanol–water partition coefficient (Wildman–Crippen LogP) is 4.44. The van der Waals surface area contributed by atoms with Crippen molar-refractivity contribution < 1.29 is 8.78 Å². The van der Waals surface area contributed by atoms with E-state index in [9.17, 15) is 8.78 Å². The van der Waals surface area contributed by atoms with Gasteiger partial charge in [0.1, 0.15) is 0 Å². The van der Waals surface area contributed by atoms with Gasteiger partial charge in [-0.25, -0.2) is 0 Å². The molecule has 2 aromatic carbocycles. The van der Waals surface area contributed by atoms with Gasteiger partial charge in [-0.1, -0.05) is 47.5 Å². The highest BCUT2D eigenvalue weighted by atomic mass is 19.3. The standard InChI is InChI=1S/C15H14F2/c1-11-5-3-7-13(9-11)15(16,17)14-8-4-6-12(2)10-14/h3-10H,1-2H3. The second-order valence-electron chi connectivity index (χ2n) is 4.31. The molecule has 0 amide bonds. The smallest absolute Gasteiger partial charge is 0.196 e. The number of hydrogen-bond acceptors (Lipinski definition) is 0. The summed E-state index contributed by atoms with van der Waals surface area (Å²) in [6, 6.07) is 12.9. The molecule has 88 valence electrons. The zero-order chi connectivity index (χ0) is 12.5. The minimum Gasteiger partial charge on any atom is -0.196 e. The Balaban J connectivity index is 2.49. The van der Waals surface area contributed by atoms with Crippen LogP contribution in [-0.2, 0) is 5.92 Å². The largest absolute Gasteiger partial charge is 0.298 e. The van der Waals surface area contributed by atoms with Gasteiger partial charge in [-0.05, 0) is 26.0 Å². The summed E-state index contributed by atoms with van der Waals surface area (Å²) in [7, 11) is 0. The van der Waals surface area contributed by atoms with Crippen LogP contribution >= 0.6 is 0 Å². The Morgan fingerprint density at radius 1 is 0.765 bits per heavy atom. The van der Waals surface area contributed by atoms with Gasteiger partial charge in [-0.2, -0.15) is 8.78 Å². The van der Waals surface area contributed by atoms with Crippen molar-refractivity contribution in [3.05, 3.63) is 70.8 Å². The van der Waals surface area contributed by atoms with E-state index in [0.29, 0.717) is 0 Å². The van der Waals surface area contributed by atoms with Gasteiger partial charge in [0.15, 0.2) is 0 Å². The Kier molecular flexibility index (Phi) is 2.97. The number of benzene rings is 2. The lowest BCUT2D eigenvalue weighted by Crippen LogP contribution is -2.15. The van der Waals surface area contributed by atoms with E-state index >= 15 is 0 Å². The monoisotopic (exact) mass is 232 g/mol. The maximum absolute atomic E-state index is 14.2. The third kappa shape index (κ3) is 2.36. The highest BCUT2D eigenvalue weighted by Crippen LogP contribution is 2.36. The van der Waals surface area contributed by atoms with E-state index in [-0.39, 0.29) is 11.1 Å². The molecule has 2 rings (SSSR count). The maximum atomic E-state index is 14.2. The fourth-order valence-electron chi connectivity index (χ4n) is 1.85. The molecule has 2 aromatic rings. The minimum absolute atomic E-state index is 0.0445. The third-order valence-electron chi connectivity index (χ3n) is 2.76. The number of halogens is 2. The molecule has 0 unspecified atom stereocenters. The maximum Gasteiger partial charge on any atom is 0.298 e. The fourth-order valence-corrected chi connectivity index (χ4v) is 1.85. The van der Waals surface area contributed by atoms with Crippen LogP contribution in [0.2, 0.25) is 0 Å². The first-order chi connectivity index (χ1) is 8.00. The lowest BCUT2D eigenvalue weighted by atomic mass is 9.98. The first kappa shape index (κ1) is 11.8. The molecule has 0 saturated heterocycles. The lowest BCUT2D eigenvalue weighted by molar-refractivity contribution is 0.0427. The normalized spacial score (nSPS) is 11.5. The first-order valence-corrected chi connectivity index (χ1v) is 5.52. The molecule has 0 aliphatic rings. The second kappa shape index (κ2) is 4.28. The molecule has 0 heterocycles. The van der Waals surface area contributed by atoms with Crippen LogP contribution < -0.4 is 0 Å². The van der Waals surface area contributed by atoms with Crippen molar-refractivity contribution >= 4 is 0 Å². The molecule has 0 bridgehead atoms. The van der Waals surface area contributed by atoms with E-state index in [1.807, 2.05) is 26.0 Å². The van der Waals surface area contributed by atoms with E-state index in [2.05, 4.69) is 0 Å². The quantitative estimate of drug-likeness (QED) is 0.718. The molecule has 0 N–H and O–H groups in total. The predicted molar refractivity (Wildman–Crippen MR) is 65.4 cm³/mol. The molecule has 0 spiro atoms. The Bertz CT molecular complexity index is 482. The average Bonchev–Trinajstić information content (AvgIpc) is 2.29. The SMILES string of the molecule is Cc1cccc(C(F)(F)c2cccc(C)c2)c1. The van der Waals surface area contributed by atoms with Gasteiger partial charge >= 0.3 is 0 Å². The second-order valence-corrected chi connectivity index (χ2v) is 4.31. The van der Waals surface area contributed by atoms with Crippen molar-refractivity contribution in [2.45, 2.75) is 19.8 Å². The molecule has 0 atom stereocenters. The Labute approximate surface area is 99.9 Å². The van der Waals surface area contributed by atoms with Crippen LogP contribution in [0.3, 0.4) is 0 Å². The van der Waals surface area contributed by atoms with Crippen LogP contribution in [0.4, 0.5) is 8.78 Å². The number of alkyl halides is 2. The summed E-state index contributed by atoms with van der Waals surface area (Å²) >= 11 is 0. The summed E-state index contributed by atoms with van der Waals surface area (Å²) in [5.74, 6) is -2.93. The van der Waals surface area contributed by atoms with Crippen molar-refractivity contribution in [2.24, 2.45) is 0 Å². The third-order valence-corrected chi connectivity index (χ3v) is 2.76. The topological polar surface area (TPSA) is 0 Å². The van der Waals surface area contributed by atoms with E-state index in [4.69, 9.17) is 0 Å². The van der Waals surface area contributed by atoms with Gasteiger partial charge in [0, 0.05) is 11.1 Å². The van der Waals surface area contributed by atoms with Crippen molar-refractivity contribution in [3.63, 3.8) is 0 Å². The molecule has 2 heteroatoms. The zero-order valence-electron chi connectivity index (χ0n) is 9.87. The van der Waals surface area contributed by atoms with E-state index in [0.717, 1.165) is 11.1 Å². The molecular formula is C15H14F2. The van der Waals surface area contributed by atoms with Crippen LogP contribution in [-0.4, -0.2) is 0 Å². The minimum atomic E-state index is -2.93. The molecule has 0 aliphatic heterocycles. The molecule has 0 aliphatic carbocycles. The zero-order valence-corrected chi connectivity index (χ0v) is 9.87. The highest BCUT2D eigenvalue weighted by molar-refractivity contribution is 5.36. The van der Waals surface area contributed by atoms with Gasteiger partial charge < -0.3 is 0 Å². The van der Waals surface area contributed by atoms with Crippen LogP contribution in [0.25, 0.3) is 0 Å². The molecule has 0 radical (unpaired) electrons. The highest BCUT2D eigenvalue weighted by Gasteiger charge is 2.33. The van der Waals surface area contributed by atoms with E-state index in [1.54, 1.807) is 12.1 Å². The molecule has 0 fully saturated rings. The van der Waals surface area contributed by atoms with Gasteiger partial charge in [0.2, 0.25) is 0 Å². The average molecular weight is 232 g/mol. The summed E-state index contributed by atoms with van der Waals surface area (Å²) < 4.78 is 28.5. The van der Waals surface area contributed by atoms with Crippen molar-refractivity contribution in [1.82, 2.24) is 0 Å². The molecular weight excluding hydrogens is 218 g/mol. The van der Waals surface area contributed by atoms with Crippen molar-refractivity contribution in [1.29, 1.82) is 0 Å². The van der Waals surface area contributed by atoms with E-state index < -0.39 is 5.92 Å². The summed E-state index contributed by atoms with van der Waals surface area (Å²) in [6.45, 7) is 3.63. The number of rotatable bonds is 2. The Morgan fingerprint density at radius 3 is 1.53 bits per heavy atom. The lowest BCUT2D eigenvalue weighted by Gasteiger charge is -2.18. The summed E-state index contributed by atoms with van der Waals surface area (Å²) in [5.41, 5.74) is 1.77. The summed E-state index contributed by atoms with van der Waals surface area (Å²) in [6.07, 6.45) is 0. The van der Waals surface area contributed by atoms with Crippen LogP contribution in [0.15, 0.2) is 48.5 Å². The Hall–Kier alpha value is -1.70. The molecule has 17 heavy (non-hydrogen) atoms. The van der Waals surface area contributed by atoms with Gasteiger partial charge in [0.25, 0.3) is 5.92 Å². The fraction of sp³-hybridized carbons (Fsp3) is 0.200. The van der Waals surface area contributed by atoms with E-state index in [1.165, 1.54) is 24.3 Å².